The second kappa shape index (κ2) is 6.83. The van der Waals surface area contributed by atoms with E-state index in [1.807, 2.05) is 0 Å². The van der Waals surface area contributed by atoms with Crippen molar-refractivity contribution in [2.24, 2.45) is 5.73 Å². The molecule has 0 heterocycles. The highest BCUT2D eigenvalue weighted by Crippen LogP contribution is 2.29. The molecule has 1 fully saturated rings. The Morgan fingerprint density at radius 3 is 2.33 bits per heavy atom. The summed E-state index contributed by atoms with van der Waals surface area (Å²) in [6, 6.07) is 13.5. The zero-order valence-electron chi connectivity index (χ0n) is 13.2. The molecule has 0 aliphatic heterocycles. The van der Waals surface area contributed by atoms with E-state index >= 15 is 0 Å². The smallest absolute Gasteiger partial charge is 0.248 e. The topological polar surface area (TPSA) is 63.4 Å². The van der Waals surface area contributed by atoms with E-state index in [2.05, 4.69) is 0 Å². The number of carbonyl (C=O) groups is 2. The summed E-state index contributed by atoms with van der Waals surface area (Å²) in [5.74, 6) is -0.912. The minimum absolute atomic E-state index is 0.0581. The first-order chi connectivity index (χ1) is 11.5. The van der Waals surface area contributed by atoms with Crippen molar-refractivity contribution in [3.05, 3.63) is 71.0 Å². The molecule has 0 spiro atoms. The van der Waals surface area contributed by atoms with Gasteiger partial charge in [-0.05, 0) is 42.2 Å². The third-order valence-corrected chi connectivity index (χ3v) is 4.20. The lowest BCUT2D eigenvalue weighted by Crippen LogP contribution is -2.34. The van der Waals surface area contributed by atoms with Gasteiger partial charge in [0.25, 0.3) is 0 Å². The van der Waals surface area contributed by atoms with Crippen LogP contribution in [0.15, 0.2) is 48.5 Å². The molecule has 0 atom stereocenters. The number of amides is 2. The molecular weight excluding hydrogens is 307 g/mol. The fraction of sp³-hybridized carbons (Fsp3) is 0.263. The van der Waals surface area contributed by atoms with Crippen LogP contribution in [0.4, 0.5) is 4.39 Å². The lowest BCUT2D eigenvalue weighted by Gasteiger charge is -2.23. The summed E-state index contributed by atoms with van der Waals surface area (Å²) in [5.41, 5.74) is 7.01. The molecule has 0 unspecified atom stereocenters. The van der Waals surface area contributed by atoms with Gasteiger partial charge in [-0.25, -0.2) is 4.39 Å². The first-order valence-electron chi connectivity index (χ1n) is 7.96. The van der Waals surface area contributed by atoms with Crippen LogP contribution in [0.25, 0.3) is 0 Å². The second-order valence-electron chi connectivity index (χ2n) is 6.08. The Morgan fingerprint density at radius 2 is 1.75 bits per heavy atom. The molecule has 2 aromatic carbocycles. The molecule has 2 aromatic rings. The van der Waals surface area contributed by atoms with Crippen LogP contribution in [0, 0.1) is 5.82 Å². The normalized spacial score (nSPS) is 13.5. The molecule has 2 N–H and O–H groups in total. The van der Waals surface area contributed by atoms with Gasteiger partial charge in [-0.15, -0.1) is 0 Å². The molecule has 2 amide bonds. The molecular formula is C19H19FN2O2. The fourth-order valence-electron chi connectivity index (χ4n) is 2.68. The summed E-state index contributed by atoms with van der Waals surface area (Å²) in [6.45, 7) is 0.455. The number of hydrogen-bond acceptors (Lipinski definition) is 2. The van der Waals surface area contributed by atoms with Crippen molar-refractivity contribution in [3.8, 4) is 0 Å². The van der Waals surface area contributed by atoms with Gasteiger partial charge in [-0.2, -0.15) is 0 Å². The summed E-state index contributed by atoms with van der Waals surface area (Å²) in [6.07, 6.45) is 2.01. The van der Waals surface area contributed by atoms with Crippen molar-refractivity contribution in [1.29, 1.82) is 0 Å². The quantitative estimate of drug-likeness (QED) is 0.887. The zero-order chi connectivity index (χ0) is 17.1. The Morgan fingerprint density at radius 1 is 1.08 bits per heavy atom. The standard InChI is InChI=1S/C19H19FN2O2/c20-17-4-2-1-3-15(17)11-18(23)22(16-9-10-16)12-13-5-7-14(8-6-13)19(21)24/h1-8,16H,9-12H2,(H2,21,24). The number of nitrogens with two attached hydrogens (primary N) is 1. The molecule has 1 saturated carbocycles. The van der Waals surface area contributed by atoms with E-state index in [1.165, 1.54) is 6.07 Å². The van der Waals surface area contributed by atoms with E-state index in [0.717, 1.165) is 18.4 Å². The predicted octanol–water partition coefficient (Wildman–Crippen LogP) is 2.66. The lowest BCUT2D eigenvalue weighted by atomic mass is 10.1. The van der Waals surface area contributed by atoms with Crippen LogP contribution >= 0.6 is 0 Å². The number of benzene rings is 2. The summed E-state index contributed by atoms with van der Waals surface area (Å²) >= 11 is 0. The summed E-state index contributed by atoms with van der Waals surface area (Å²) in [4.78, 5) is 25.5. The van der Waals surface area contributed by atoms with Crippen LogP contribution in [-0.4, -0.2) is 22.8 Å². The highest BCUT2D eigenvalue weighted by molar-refractivity contribution is 5.92. The third kappa shape index (κ3) is 3.79. The molecule has 0 saturated heterocycles. The van der Waals surface area contributed by atoms with Crippen molar-refractivity contribution in [3.63, 3.8) is 0 Å². The van der Waals surface area contributed by atoms with E-state index in [1.54, 1.807) is 47.4 Å². The average Bonchev–Trinajstić information content (AvgIpc) is 3.40. The van der Waals surface area contributed by atoms with Crippen LogP contribution in [0.1, 0.15) is 34.3 Å². The number of carbonyl (C=O) groups excluding carboxylic acids is 2. The Bertz CT molecular complexity index is 754. The van der Waals surface area contributed by atoms with Gasteiger partial charge in [0, 0.05) is 18.2 Å². The molecule has 5 heteroatoms. The third-order valence-electron chi connectivity index (χ3n) is 4.20. The van der Waals surface area contributed by atoms with Crippen LogP contribution in [0.3, 0.4) is 0 Å². The van der Waals surface area contributed by atoms with Gasteiger partial charge in [0.1, 0.15) is 5.82 Å². The number of primary amides is 1. The van der Waals surface area contributed by atoms with Crippen molar-refractivity contribution >= 4 is 11.8 Å². The van der Waals surface area contributed by atoms with E-state index in [-0.39, 0.29) is 24.2 Å². The van der Waals surface area contributed by atoms with Gasteiger partial charge >= 0.3 is 0 Å². The Labute approximate surface area is 140 Å². The first-order valence-corrected chi connectivity index (χ1v) is 7.96. The number of hydrogen-bond donors (Lipinski definition) is 1. The molecule has 0 bridgehead atoms. The summed E-state index contributed by atoms with van der Waals surface area (Å²) in [7, 11) is 0. The Balaban J connectivity index is 1.71. The van der Waals surface area contributed by atoms with Crippen LogP contribution in [0.5, 0.6) is 0 Å². The van der Waals surface area contributed by atoms with Crippen LogP contribution in [-0.2, 0) is 17.8 Å². The molecule has 3 rings (SSSR count). The Hall–Kier alpha value is -2.69. The Kier molecular flexibility index (Phi) is 4.60. The molecule has 1 aliphatic carbocycles. The predicted molar refractivity (Wildman–Crippen MR) is 88.6 cm³/mol. The van der Waals surface area contributed by atoms with Crippen molar-refractivity contribution in [2.75, 3.05) is 0 Å². The first kappa shape index (κ1) is 16.2. The molecule has 0 aromatic heterocycles. The average molecular weight is 326 g/mol. The van der Waals surface area contributed by atoms with E-state index in [0.29, 0.717) is 17.7 Å². The molecule has 0 radical (unpaired) electrons. The fourth-order valence-corrected chi connectivity index (χ4v) is 2.68. The number of halogens is 1. The van der Waals surface area contributed by atoms with Crippen LogP contribution in [0.2, 0.25) is 0 Å². The minimum atomic E-state index is -0.476. The van der Waals surface area contributed by atoms with E-state index in [4.69, 9.17) is 5.73 Å². The second-order valence-corrected chi connectivity index (χ2v) is 6.08. The van der Waals surface area contributed by atoms with E-state index in [9.17, 15) is 14.0 Å². The molecule has 24 heavy (non-hydrogen) atoms. The van der Waals surface area contributed by atoms with Gasteiger partial charge < -0.3 is 10.6 Å². The SMILES string of the molecule is NC(=O)c1ccc(CN(C(=O)Cc2ccccc2F)C2CC2)cc1. The number of rotatable bonds is 6. The highest BCUT2D eigenvalue weighted by atomic mass is 19.1. The largest absolute Gasteiger partial charge is 0.366 e. The van der Waals surface area contributed by atoms with E-state index < -0.39 is 5.91 Å². The maximum atomic E-state index is 13.8. The van der Waals surface area contributed by atoms with Gasteiger partial charge in [-0.1, -0.05) is 30.3 Å². The maximum absolute atomic E-state index is 13.8. The molecule has 4 nitrogen and oxygen atoms in total. The lowest BCUT2D eigenvalue weighted by molar-refractivity contribution is -0.131. The van der Waals surface area contributed by atoms with Gasteiger partial charge in [0.05, 0.1) is 6.42 Å². The molecule has 1 aliphatic rings. The highest BCUT2D eigenvalue weighted by Gasteiger charge is 2.32. The maximum Gasteiger partial charge on any atom is 0.248 e. The minimum Gasteiger partial charge on any atom is -0.366 e. The monoisotopic (exact) mass is 326 g/mol. The van der Waals surface area contributed by atoms with Crippen molar-refractivity contribution < 1.29 is 14.0 Å². The van der Waals surface area contributed by atoms with Gasteiger partial charge in [0.2, 0.25) is 11.8 Å². The van der Waals surface area contributed by atoms with Crippen molar-refractivity contribution in [1.82, 2.24) is 4.90 Å². The summed E-state index contributed by atoms with van der Waals surface area (Å²) in [5, 5.41) is 0. The summed E-state index contributed by atoms with van der Waals surface area (Å²) < 4.78 is 13.8. The molecule has 124 valence electrons. The van der Waals surface area contributed by atoms with Gasteiger partial charge in [-0.3, -0.25) is 9.59 Å². The van der Waals surface area contributed by atoms with Crippen LogP contribution < -0.4 is 5.73 Å². The zero-order valence-corrected chi connectivity index (χ0v) is 13.2. The number of nitrogens with zero attached hydrogens (tertiary/aromatic N) is 1. The van der Waals surface area contributed by atoms with Crippen molar-refractivity contribution in [2.45, 2.75) is 31.8 Å². The van der Waals surface area contributed by atoms with Gasteiger partial charge in [0.15, 0.2) is 0 Å².